The van der Waals surface area contributed by atoms with Crippen molar-refractivity contribution in [3.8, 4) is 11.4 Å². The van der Waals surface area contributed by atoms with Gasteiger partial charge in [0.05, 0.1) is 11.4 Å². The summed E-state index contributed by atoms with van der Waals surface area (Å²) < 4.78 is 10.4. The summed E-state index contributed by atoms with van der Waals surface area (Å²) in [6.45, 7) is 4.98. The van der Waals surface area contributed by atoms with Gasteiger partial charge >= 0.3 is 5.97 Å². The van der Waals surface area contributed by atoms with Gasteiger partial charge in [0.15, 0.2) is 6.61 Å². The SMILES string of the molecule is Cc1cc(C(=O)COC(=O)CN(C)c2ncccn2)c(C)n1-c1c(C)n(C)n(-c2ccccc2)c1=O. The quantitative estimate of drug-likeness (QED) is 0.277. The van der Waals surface area contributed by atoms with E-state index in [0.717, 1.165) is 17.1 Å². The summed E-state index contributed by atoms with van der Waals surface area (Å²) >= 11 is 0. The summed E-state index contributed by atoms with van der Waals surface area (Å²) in [4.78, 5) is 48.4. The Morgan fingerprint density at radius 1 is 1.00 bits per heavy atom. The van der Waals surface area contributed by atoms with E-state index in [9.17, 15) is 14.4 Å². The van der Waals surface area contributed by atoms with Crippen LogP contribution in [0.3, 0.4) is 0 Å². The van der Waals surface area contributed by atoms with Crippen LogP contribution in [-0.4, -0.2) is 55.9 Å². The standard InChI is InChI=1S/C26H28N6O4/c1-17-14-21(22(33)16-36-23(34)15-29(4)26-27-12-9-13-28-26)18(2)31(17)24-19(3)30(5)32(25(24)35)20-10-7-6-8-11-20/h6-14H,15-16H2,1-5H3. The van der Waals surface area contributed by atoms with Crippen molar-refractivity contribution < 1.29 is 14.3 Å². The number of anilines is 1. The molecule has 0 amide bonds. The highest BCUT2D eigenvalue weighted by atomic mass is 16.5. The molecule has 0 fully saturated rings. The van der Waals surface area contributed by atoms with Crippen LogP contribution in [-0.2, 0) is 16.6 Å². The maximum absolute atomic E-state index is 13.5. The van der Waals surface area contributed by atoms with Gasteiger partial charge in [0.2, 0.25) is 11.7 Å². The van der Waals surface area contributed by atoms with Crippen molar-refractivity contribution in [1.82, 2.24) is 23.9 Å². The number of Topliss-reactive ketones (excluding diaryl/α,β-unsaturated/α-hetero) is 1. The molecule has 0 unspecified atom stereocenters. The number of aromatic nitrogens is 5. The van der Waals surface area contributed by atoms with Crippen LogP contribution in [0.25, 0.3) is 11.4 Å². The van der Waals surface area contributed by atoms with E-state index in [-0.39, 0.29) is 17.9 Å². The number of benzene rings is 1. The number of nitrogens with zero attached hydrogens (tertiary/aromatic N) is 6. The molecule has 0 N–H and O–H groups in total. The molecule has 3 aromatic heterocycles. The first-order valence-corrected chi connectivity index (χ1v) is 11.4. The van der Waals surface area contributed by atoms with Crippen LogP contribution in [0, 0.1) is 20.8 Å². The van der Waals surface area contributed by atoms with Gasteiger partial charge in [0, 0.05) is 43.4 Å². The number of likely N-dealkylation sites (N-methyl/N-ethyl adjacent to an activating group) is 1. The van der Waals surface area contributed by atoms with Gasteiger partial charge in [-0.3, -0.25) is 19.1 Å². The molecule has 0 aliphatic heterocycles. The normalized spacial score (nSPS) is 10.9. The fourth-order valence-electron chi connectivity index (χ4n) is 4.22. The van der Waals surface area contributed by atoms with Crippen molar-refractivity contribution in [2.75, 3.05) is 25.1 Å². The monoisotopic (exact) mass is 488 g/mol. The van der Waals surface area contributed by atoms with E-state index in [1.165, 1.54) is 4.90 Å². The lowest BCUT2D eigenvalue weighted by atomic mass is 10.1. The molecule has 186 valence electrons. The number of hydrogen-bond acceptors (Lipinski definition) is 7. The van der Waals surface area contributed by atoms with Gasteiger partial charge < -0.3 is 14.2 Å². The average Bonchev–Trinajstić information content (AvgIpc) is 3.28. The van der Waals surface area contributed by atoms with E-state index >= 15 is 0 Å². The summed E-state index contributed by atoms with van der Waals surface area (Å²) in [5.41, 5.74) is 3.51. The van der Waals surface area contributed by atoms with Gasteiger partial charge in [-0.15, -0.1) is 0 Å². The Labute approximate surface area is 208 Å². The zero-order valence-corrected chi connectivity index (χ0v) is 20.9. The van der Waals surface area contributed by atoms with Gasteiger partial charge in [-0.25, -0.2) is 14.6 Å². The Balaban J connectivity index is 1.55. The van der Waals surface area contributed by atoms with Crippen LogP contribution in [0.5, 0.6) is 0 Å². The highest BCUT2D eigenvalue weighted by molar-refractivity contribution is 5.99. The smallest absolute Gasteiger partial charge is 0.326 e. The Morgan fingerprint density at radius 3 is 2.33 bits per heavy atom. The molecule has 0 aliphatic rings. The van der Waals surface area contributed by atoms with Crippen LogP contribution in [0.15, 0.2) is 59.7 Å². The summed E-state index contributed by atoms with van der Waals surface area (Å²) in [6.07, 6.45) is 3.15. The Kier molecular flexibility index (Phi) is 6.86. The highest BCUT2D eigenvalue weighted by Crippen LogP contribution is 2.23. The van der Waals surface area contributed by atoms with Crippen molar-refractivity contribution >= 4 is 17.7 Å². The minimum atomic E-state index is -0.572. The van der Waals surface area contributed by atoms with E-state index in [0.29, 0.717) is 22.9 Å². The fourth-order valence-corrected chi connectivity index (χ4v) is 4.22. The minimum Gasteiger partial charge on any atom is -0.456 e. The second kappa shape index (κ2) is 10.0. The van der Waals surface area contributed by atoms with Crippen molar-refractivity contribution in [3.63, 3.8) is 0 Å². The van der Waals surface area contributed by atoms with Gasteiger partial charge in [0.25, 0.3) is 5.56 Å². The minimum absolute atomic E-state index is 0.0987. The number of ether oxygens (including phenoxy) is 1. The van der Waals surface area contributed by atoms with Gasteiger partial charge in [-0.1, -0.05) is 18.2 Å². The molecule has 3 heterocycles. The van der Waals surface area contributed by atoms with Crippen molar-refractivity contribution in [2.24, 2.45) is 7.05 Å². The second-order valence-corrected chi connectivity index (χ2v) is 8.52. The predicted molar refractivity (Wildman–Crippen MR) is 135 cm³/mol. The lowest BCUT2D eigenvalue weighted by Crippen LogP contribution is -2.29. The molecule has 0 atom stereocenters. The summed E-state index contributed by atoms with van der Waals surface area (Å²) in [5, 5.41) is 0. The second-order valence-electron chi connectivity index (χ2n) is 8.52. The molecule has 36 heavy (non-hydrogen) atoms. The predicted octanol–water partition coefficient (Wildman–Crippen LogP) is 2.54. The third-order valence-electron chi connectivity index (χ3n) is 6.10. The number of esters is 1. The first-order chi connectivity index (χ1) is 17.2. The maximum atomic E-state index is 13.5. The summed E-state index contributed by atoms with van der Waals surface area (Å²) in [6, 6.07) is 12.8. The molecular formula is C26H28N6O4. The molecule has 10 nitrogen and oxygen atoms in total. The van der Waals surface area contributed by atoms with Gasteiger partial charge in [-0.05, 0) is 45.0 Å². The number of ketones is 1. The molecule has 4 rings (SSSR count). The third-order valence-corrected chi connectivity index (χ3v) is 6.10. The van der Waals surface area contributed by atoms with Crippen molar-refractivity contribution in [3.05, 3.63) is 87.9 Å². The molecule has 0 spiro atoms. The molecule has 10 heteroatoms. The third kappa shape index (κ3) is 4.57. The van der Waals surface area contributed by atoms with Gasteiger partial charge in [-0.2, -0.15) is 0 Å². The summed E-state index contributed by atoms with van der Waals surface area (Å²) in [7, 11) is 3.49. The molecule has 4 aromatic rings. The van der Waals surface area contributed by atoms with Gasteiger partial charge in [0.1, 0.15) is 12.2 Å². The topological polar surface area (TPSA) is 104 Å². The molecule has 0 saturated heterocycles. The number of aryl methyl sites for hydroxylation is 1. The molecule has 0 bridgehead atoms. The number of para-hydroxylation sites is 1. The molecule has 0 aliphatic carbocycles. The van der Waals surface area contributed by atoms with Crippen molar-refractivity contribution in [1.29, 1.82) is 0 Å². The molecular weight excluding hydrogens is 460 g/mol. The van der Waals surface area contributed by atoms with Crippen LogP contribution in [0.4, 0.5) is 5.95 Å². The summed E-state index contributed by atoms with van der Waals surface area (Å²) in [5.74, 6) is -0.543. The number of carbonyl (C=O) groups excluding carboxylic acids is 2. The zero-order chi connectivity index (χ0) is 26.0. The van der Waals surface area contributed by atoms with E-state index in [2.05, 4.69) is 9.97 Å². The van der Waals surface area contributed by atoms with E-state index in [4.69, 9.17) is 4.74 Å². The highest BCUT2D eigenvalue weighted by Gasteiger charge is 2.24. The molecule has 1 aromatic carbocycles. The number of hydrogen-bond donors (Lipinski definition) is 0. The molecule has 0 saturated carbocycles. The van der Waals surface area contributed by atoms with Crippen LogP contribution in [0.2, 0.25) is 0 Å². The van der Waals surface area contributed by atoms with E-state index < -0.39 is 12.6 Å². The fraction of sp³-hybridized carbons (Fsp3) is 0.269. The average molecular weight is 489 g/mol. The van der Waals surface area contributed by atoms with Crippen LogP contribution < -0.4 is 10.5 Å². The first-order valence-electron chi connectivity index (χ1n) is 11.4. The Bertz CT molecular complexity index is 1470. The lowest BCUT2D eigenvalue weighted by Gasteiger charge is -2.15. The Hall–Kier alpha value is -4.47. The lowest BCUT2D eigenvalue weighted by molar-refractivity contribution is -0.140. The van der Waals surface area contributed by atoms with Crippen LogP contribution >= 0.6 is 0 Å². The largest absolute Gasteiger partial charge is 0.456 e. The number of rotatable bonds is 8. The Morgan fingerprint density at radius 2 is 1.67 bits per heavy atom. The van der Waals surface area contributed by atoms with Crippen LogP contribution in [0.1, 0.15) is 27.4 Å². The first kappa shape index (κ1) is 24.6. The van der Waals surface area contributed by atoms with Crippen molar-refractivity contribution in [2.45, 2.75) is 20.8 Å². The zero-order valence-electron chi connectivity index (χ0n) is 20.9. The number of carbonyl (C=O) groups is 2. The van der Waals surface area contributed by atoms with E-state index in [1.807, 2.05) is 51.2 Å². The molecule has 0 radical (unpaired) electrons. The maximum Gasteiger partial charge on any atom is 0.326 e. The van der Waals surface area contributed by atoms with E-state index in [1.54, 1.807) is 52.4 Å².